The van der Waals surface area contributed by atoms with Crippen LogP contribution in [0.3, 0.4) is 0 Å². The molecule has 0 spiro atoms. The fraction of sp³-hybridized carbons (Fsp3) is 0.467. The number of rotatable bonds is 8. The van der Waals surface area contributed by atoms with E-state index in [0.29, 0.717) is 26.1 Å². The van der Waals surface area contributed by atoms with E-state index in [0.717, 1.165) is 64.9 Å². The van der Waals surface area contributed by atoms with E-state index in [4.69, 9.17) is 9.72 Å². The summed E-state index contributed by atoms with van der Waals surface area (Å²) in [5, 5.41) is 12.6. The maximum atomic E-state index is 11.7. The highest BCUT2D eigenvalue weighted by atomic mass is 32.2. The summed E-state index contributed by atoms with van der Waals surface area (Å²) in [7, 11) is -2.88. The second-order valence-electron chi connectivity index (χ2n) is 11.6. The lowest BCUT2D eigenvalue weighted by Gasteiger charge is -2.29. The number of thiazole rings is 1. The Morgan fingerprint density at radius 2 is 1.95 bits per heavy atom. The summed E-state index contributed by atoms with van der Waals surface area (Å²) in [4.78, 5) is 21.0. The minimum absolute atomic E-state index is 0.217. The molecule has 1 saturated carbocycles. The number of benzene rings is 2. The summed E-state index contributed by atoms with van der Waals surface area (Å²) in [6, 6.07) is 12.5. The maximum Gasteiger partial charge on any atom is 0.310 e. The third-order valence-corrected chi connectivity index (χ3v) is 11.2. The van der Waals surface area contributed by atoms with Gasteiger partial charge in [-0.15, -0.1) is 11.3 Å². The van der Waals surface area contributed by atoms with Gasteiger partial charge in [0.2, 0.25) is 0 Å². The van der Waals surface area contributed by atoms with Gasteiger partial charge in [0.25, 0.3) is 0 Å². The van der Waals surface area contributed by atoms with Gasteiger partial charge in [0.15, 0.2) is 15.0 Å². The minimum Gasteiger partial charge on any atom is -0.488 e. The van der Waals surface area contributed by atoms with E-state index in [-0.39, 0.29) is 17.4 Å². The first-order valence-corrected chi connectivity index (χ1v) is 16.5. The largest absolute Gasteiger partial charge is 0.488 e. The van der Waals surface area contributed by atoms with Crippen molar-refractivity contribution < 1.29 is 23.1 Å². The minimum atomic E-state index is -2.88. The van der Waals surface area contributed by atoms with E-state index >= 15 is 0 Å². The van der Waals surface area contributed by atoms with E-state index in [1.54, 1.807) is 11.3 Å². The molecule has 2 saturated heterocycles. The number of anilines is 1. The molecule has 0 bridgehead atoms. The molecule has 2 atom stereocenters. The van der Waals surface area contributed by atoms with Crippen LogP contribution in [-0.4, -0.2) is 67.1 Å². The third kappa shape index (κ3) is 5.49. The Morgan fingerprint density at radius 1 is 1.15 bits per heavy atom. The molecule has 0 amide bonds. The molecular formula is C30H35N3O5S2. The molecule has 10 heteroatoms. The summed E-state index contributed by atoms with van der Waals surface area (Å²) in [6.07, 6.45) is 1.45. The molecule has 40 heavy (non-hydrogen) atoms. The molecule has 1 N–H and O–H groups in total. The zero-order valence-corrected chi connectivity index (χ0v) is 24.6. The van der Waals surface area contributed by atoms with Gasteiger partial charge in [0.05, 0.1) is 22.6 Å². The van der Waals surface area contributed by atoms with Crippen molar-refractivity contribution in [3.05, 3.63) is 64.0 Å². The van der Waals surface area contributed by atoms with Crippen molar-refractivity contribution in [1.82, 2.24) is 9.88 Å². The first kappa shape index (κ1) is 27.2. The number of nitrogens with zero attached hydrogens (tertiary/aromatic N) is 3. The molecule has 8 nitrogen and oxygen atoms in total. The van der Waals surface area contributed by atoms with Crippen molar-refractivity contribution in [2.75, 3.05) is 42.6 Å². The molecule has 212 valence electrons. The van der Waals surface area contributed by atoms with Gasteiger partial charge in [-0.1, -0.05) is 29.8 Å². The Balaban J connectivity index is 1.12. The Hall–Kier alpha value is -2.95. The molecule has 2 aromatic carbocycles. The van der Waals surface area contributed by atoms with Gasteiger partial charge in [-0.3, -0.25) is 9.69 Å². The fourth-order valence-corrected chi connectivity index (χ4v) is 8.14. The average Bonchev–Trinajstić information content (AvgIpc) is 3.48. The summed E-state index contributed by atoms with van der Waals surface area (Å²) in [5.41, 5.74) is 5.90. The van der Waals surface area contributed by atoms with Gasteiger partial charge < -0.3 is 14.7 Å². The van der Waals surface area contributed by atoms with E-state index in [9.17, 15) is 18.3 Å². The number of aryl methyl sites for hydroxylation is 2. The Labute approximate surface area is 239 Å². The molecule has 1 aromatic heterocycles. The average molecular weight is 582 g/mol. The molecule has 6 rings (SSSR count). The van der Waals surface area contributed by atoms with Crippen LogP contribution in [0.25, 0.3) is 11.3 Å². The molecular weight excluding hydrogens is 546 g/mol. The van der Waals surface area contributed by atoms with Gasteiger partial charge >= 0.3 is 5.97 Å². The smallest absolute Gasteiger partial charge is 0.310 e. The number of sulfone groups is 1. The van der Waals surface area contributed by atoms with Crippen molar-refractivity contribution in [2.24, 2.45) is 11.3 Å². The lowest BCUT2D eigenvalue weighted by Crippen LogP contribution is -2.39. The Bertz CT molecular complexity index is 1540. The zero-order valence-electron chi connectivity index (χ0n) is 22.9. The van der Waals surface area contributed by atoms with Crippen molar-refractivity contribution in [2.45, 2.75) is 39.8 Å². The fourth-order valence-electron chi connectivity index (χ4n) is 6.00. The number of carboxylic acids is 1. The molecule has 3 heterocycles. The van der Waals surface area contributed by atoms with E-state index in [1.807, 2.05) is 12.1 Å². The van der Waals surface area contributed by atoms with Gasteiger partial charge in [-0.2, -0.15) is 0 Å². The van der Waals surface area contributed by atoms with Crippen LogP contribution in [0.15, 0.2) is 41.8 Å². The van der Waals surface area contributed by atoms with Crippen molar-refractivity contribution in [3.63, 3.8) is 0 Å². The number of hydrogen-bond acceptors (Lipinski definition) is 8. The van der Waals surface area contributed by atoms with Gasteiger partial charge in [-0.25, -0.2) is 13.4 Å². The van der Waals surface area contributed by atoms with Crippen LogP contribution in [0, 0.1) is 25.2 Å². The molecule has 0 radical (unpaired) electrons. The lowest BCUT2D eigenvalue weighted by molar-refractivity contribution is -0.144. The molecule has 1 aliphatic carbocycles. The lowest BCUT2D eigenvalue weighted by atomic mass is 9.96. The normalized spacial score (nSPS) is 23.9. The first-order chi connectivity index (χ1) is 19.1. The van der Waals surface area contributed by atoms with Gasteiger partial charge in [-0.05, 0) is 61.4 Å². The summed E-state index contributed by atoms with van der Waals surface area (Å²) in [6.45, 7) is 7.98. The van der Waals surface area contributed by atoms with Crippen LogP contribution in [0.2, 0.25) is 0 Å². The Morgan fingerprint density at radius 3 is 2.67 bits per heavy atom. The van der Waals surface area contributed by atoms with Crippen LogP contribution in [0.4, 0.5) is 5.13 Å². The highest BCUT2D eigenvalue weighted by Gasteiger charge is 2.62. The van der Waals surface area contributed by atoms with Crippen molar-refractivity contribution in [1.29, 1.82) is 0 Å². The number of carboxylic acid groups (broad SMARTS) is 1. The molecule has 3 fully saturated rings. The monoisotopic (exact) mass is 581 g/mol. The summed E-state index contributed by atoms with van der Waals surface area (Å²) >= 11 is 1.60. The van der Waals surface area contributed by atoms with Crippen molar-refractivity contribution >= 4 is 32.3 Å². The number of carbonyl (C=O) groups is 1. The van der Waals surface area contributed by atoms with Crippen LogP contribution >= 0.6 is 11.3 Å². The first-order valence-electron chi connectivity index (χ1n) is 13.8. The van der Waals surface area contributed by atoms with E-state index < -0.39 is 21.2 Å². The van der Waals surface area contributed by atoms with Crippen LogP contribution in [0.1, 0.15) is 35.1 Å². The summed E-state index contributed by atoms with van der Waals surface area (Å²) < 4.78 is 29.8. The number of aliphatic carboxylic acids is 1. The van der Waals surface area contributed by atoms with E-state index in [1.165, 1.54) is 5.56 Å². The number of piperidine rings is 1. The second-order valence-corrected chi connectivity index (χ2v) is 14.7. The molecule has 3 aromatic rings. The van der Waals surface area contributed by atoms with Crippen molar-refractivity contribution in [3.8, 4) is 17.0 Å². The highest BCUT2D eigenvalue weighted by molar-refractivity contribution is 7.91. The molecule has 1 unspecified atom stereocenters. The highest BCUT2D eigenvalue weighted by Crippen LogP contribution is 2.58. The number of aromatic nitrogens is 1. The number of ether oxygens (including phenoxy) is 1. The van der Waals surface area contributed by atoms with E-state index in [2.05, 4.69) is 53.3 Å². The van der Waals surface area contributed by atoms with Gasteiger partial charge in [0.1, 0.15) is 12.4 Å². The van der Waals surface area contributed by atoms with Gasteiger partial charge in [0, 0.05) is 43.7 Å². The van der Waals surface area contributed by atoms with Crippen LogP contribution in [-0.2, 0) is 27.8 Å². The predicted octanol–water partition coefficient (Wildman–Crippen LogP) is 4.54. The second kappa shape index (κ2) is 10.5. The maximum absolute atomic E-state index is 11.7. The standard InChI is InChI=1S/C30H35N3O5S2/c1-20-3-6-27(38-18-23-5-4-22(14-21(23)2)16-32-9-11-40(36,37)12-10-32)25(13-20)26-19-39-29(31-26)33-8-7-30(28(34)35)15-24(30)17-33/h3-6,13-14,19,24H,7-12,15-18H2,1-2H3,(H,34,35)/t24?,30-/m0/s1. The Kier molecular flexibility index (Phi) is 7.13. The SMILES string of the molecule is Cc1ccc(OCc2ccc(CN3CCS(=O)(=O)CC3)cc2C)c(-c2csc(N3CC[C@]4(C(=O)O)CC4C3)n2)c1. The topological polar surface area (TPSA) is 100 Å². The summed E-state index contributed by atoms with van der Waals surface area (Å²) in [5.74, 6) is 0.825. The number of hydrogen-bond donors (Lipinski definition) is 1. The third-order valence-electron chi connectivity index (χ3n) is 8.73. The molecule has 3 aliphatic rings. The number of fused-ring (bicyclic) bond motifs is 1. The zero-order chi connectivity index (χ0) is 28.1. The van der Waals surface area contributed by atoms with Crippen LogP contribution in [0.5, 0.6) is 5.75 Å². The quantitative estimate of drug-likeness (QED) is 0.414. The van der Waals surface area contributed by atoms with Crippen LogP contribution < -0.4 is 9.64 Å². The predicted molar refractivity (Wildman–Crippen MR) is 157 cm³/mol. The molecule has 2 aliphatic heterocycles.